The third-order valence-electron chi connectivity index (χ3n) is 3.13. The number of rotatable bonds is 1. The van der Waals surface area contributed by atoms with E-state index in [1.165, 1.54) is 0 Å². The molecule has 1 saturated carbocycles. The number of nitrogens with zero attached hydrogens (tertiary/aromatic N) is 1. The van der Waals surface area contributed by atoms with Gasteiger partial charge < -0.3 is 9.84 Å². The lowest BCUT2D eigenvalue weighted by Crippen LogP contribution is -2.31. The van der Waals surface area contributed by atoms with Crippen molar-refractivity contribution in [3.05, 3.63) is 0 Å². The summed E-state index contributed by atoms with van der Waals surface area (Å²) in [7, 11) is 0. The quantitative estimate of drug-likeness (QED) is 0.723. The molecule has 90 valence electrons. The van der Waals surface area contributed by atoms with Gasteiger partial charge in [-0.25, -0.2) is 0 Å². The van der Waals surface area contributed by atoms with E-state index < -0.39 is 6.10 Å². The van der Waals surface area contributed by atoms with Crippen LogP contribution in [0.2, 0.25) is 0 Å². The molecule has 2 rings (SSSR count). The summed E-state index contributed by atoms with van der Waals surface area (Å²) in [6, 6.07) is -0.170. The first kappa shape index (κ1) is 11.7. The lowest BCUT2D eigenvalue weighted by Gasteiger charge is -2.29. The molecule has 1 saturated heterocycles. The summed E-state index contributed by atoms with van der Waals surface area (Å²) in [5.41, 5.74) is 0.939. The van der Waals surface area contributed by atoms with Gasteiger partial charge >= 0.3 is 0 Å². The molecule has 1 aliphatic carbocycles. The van der Waals surface area contributed by atoms with E-state index in [4.69, 9.17) is 4.74 Å². The third kappa shape index (κ3) is 2.68. The standard InChI is InChI=1S/C12H19NO3/c1-12(2)4-8(3-9(14)5-12)13-10-6-16-7-11(10)15/h10-11,15H,3-7H2,1-2H3. The third-order valence-corrected chi connectivity index (χ3v) is 3.13. The maximum Gasteiger partial charge on any atom is 0.139 e. The van der Waals surface area contributed by atoms with Crippen LogP contribution in [0.15, 0.2) is 4.99 Å². The molecule has 0 aromatic carbocycles. The first-order valence-corrected chi connectivity index (χ1v) is 5.79. The minimum absolute atomic E-state index is 0.0125. The second-order valence-corrected chi connectivity index (χ2v) is 5.60. The van der Waals surface area contributed by atoms with Gasteiger partial charge in [0, 0.05) is 18.6 Å². The molecular weight excluding hydrogens is 206 g/mol. The second-order valence-electron chi connectivity index (χ2n) is 5.60. The van der Waals surface area contributed by atoms with E-state index in [0.29, 0.717) is 26.1 Å². The predicted octanol–water partition coefficient (Wildman–Crippen LogP) is 0.966. The van der Waals surface area contributed by atoms with E-state index in [1.807, 2.05) is 0 Å². The van der Waals surface area contributed by atoms with Gasteiger partial charge in [0.1, 0.15) is 17.9 Å². The fourth-order valence-corrected chi connectivity index (χ4v) is 2.48. The van der Waals surface area contributed by atoms with E-state index >= 15 is 0 Å². The van der Waals surface area contributed by atoms with Crippen LogP contribution in [-0.4, -0.2) is 42.0 Å². The van der Waals surface area contributed by atoms with Crippen LogP contribution in [0.1, 0.15) is 33.1 Å². The molecule has 1 N–H and O–H groups in total. The number of aliphatic hydroxyl groups is 1. The van der Waals surface area contributed by atoms with Crippen molar-refractivity contribution >= 4 is 11.5 Å². The Balaban J connectivity index is 2.08. The van der Waals surface area contributed by atoms with Gasteiger partial charge in [0.2, 0.25) is 0 Å². The van der Waals surface area contributed by atoms with Crippen molar-refractivity contribution < 1.29 is 14.6 Å². The first-order chi connectivity index (χ1) is 7.46. The van der Waals surface area contributed by atoms with Crippen LogP contribution in [0.3, 0.4) is 0 Å². The topological polar surface area (TPSA) is 58.9 Å². The summed E-state index contributed by atoms with van der Waals surface area (Å²) in [5.74, 6) is 0.253. The van der Waals surface area contributed by atoms with E-state index in [2.05, 4.69) is 18.8 Å². The number of Topliss-reactive ketones (excluding diaryl/α,β-unsaturated/α-hetero) is 1. The van der Waals surface area contributed by atoms with Crippen LogP contribution in [0.25, 0.3) is 0 Å². The van der Waals surface area contributed by atoms with Crippen molar-refractivity contribution in [1.29, 1.82) is 0 Å². The summed E-state index contributed by atoms with van der Waals surface area (Å²) >= 11 is 0. The zero-order valence-corrected chi connectivity index (χ0v) is 9.90. The molecule has 1 aliphatic heterocycles. The molecule has 4 nitrogen and oxygen atoms in total. The van der Waals surface area contributed by atoms with Crippen LogP contribution >= 0.6 is 0 Å². The highest BCUT2D eigenvalue weighted by Gasteiger charge is 2.32. The molecule has 0 bridgehead atoms. The average molecular weight is 225 g/mol. The van der Waals surface area contributed by atoms with Gasteiger partial charge in [0.25, 0.3) is 0 Å². The Hall–Kier alpha value is -0.740. The average Bonchev–Trinajstić information content (AvgIpc) is 2.48. The Kier molecular flexibility index (Phi) is 3.13. The molecule has 2 fully saturated rings. The molecule has 16 heavy (non-hydrogen) atoms. The molecule has 0 radical (unpaired) electrons. The van der Waals surface area contributed by atoms with Gasteiger partial charge in [-0.15, -0.1) is 0 Å². The summed E-state index contributed by atoms with van der Waals surface area (Å²) in [4.78, 5) is 16.1. The van der Waals surface area contributed by atoms with Gasteiger partial charge in [-0.1, -0.05) is 13.8 Å². The number of hydrogen-bond donors (Lipinski definition) is 1. The highest BCUT2D eigenvalue weighted by atomic mass is 16.5. The highest BCUT2D eigenvalue weighted by molar-refractivity contribution is 6.04. The lowest BCUT2D eigenvalue weighted by molar-refractivity contribution is -0.120. The fourth-order valence-electron chi connectivity index (χ4n) is 2.48. The zero-order valence-electron chi connectivity index (χ0n) is 9.90. The molecule has 4 heteroatoms. The van der Waals surface area contributed by atoms with E-state index in [-0.39, 0.29) is 17.2 Å². The van der Waals surface area contributed by atoms with Crippen LogP contribution in [-0.2, 0) is 9.53 Å². The van der Waals surface area contributed by atoms with Crippen LogP contribution in [0.5, 0.6) is 0 Å². The van der Waals surface area contributed by atoms with E-state index in [9.17, 15) is 9.90 Å². The van der Waals surface area contributed by atoms with Gasteiger partial charge in [0.05, 0.1) is 13.2 Å². The largest absolute Gasteiger partial charge is 0.388 e. The number of carbonyl (C=O) groups is 1. The van der Waals surface area contributed by atoms with Crippen molar-refractivity contribution in [2.24, 2.45) is 10.4 Å². The van der Waals surface area contributed by atoms with Gasteiger partial charge in [0.15, 0.2) is 0 Å². The lowest BCUT2D eigenvalue weighted by atomic mass is 9.76. The van der Waals surface area contributed by atoms with Crippen molar-refractivity contribution in [2.45, 2.75) is 45.3 Å². The van der Waals surface area contributed by atoms with Crippen molar-refractivity contribution in [3.8, 4) is 0 Å². The Bertz CT molecular complexity index is 322. The molecule has 0 aromatic rings. The van der Waals surface area contributed by atoms with Gasteiger partial charge in [-0.3, -0.25) is 9.79 Å². The molecule has 0 amide bonds. The fraction of sp³-hybridized carbons (Fsp3) is 0.833. The second kappa shape index (κ2) is 4.26. The van der Waals surface area contributed by atoms with Crippen LogP contribution < -0.4 is 0 Å². The van der Waals surface area contributed by atoms with Crippen molar-refractivity contribution in [2.75, 3.05) is 13.2 Å². The number of ether oxygens (including phenoxy) is 1. The molecule has 0 aromatic heterocycles. The number of hydrogen-bond acceptors (Lipinski definition) is 4. The number of aliphatic hydroxyl groups excluding tert-OH is 1. The normalized spacial score (nSPS) is 36.9. The Labute approximate surface area is 95.7 Å². The van der Waals surface area contributed by atoms with Crippen LogP contribution in [0, 0.1) is 5.41 Å². The van der Waals surface area contributed by atoms with E-state index in [0.717, 1.165) is 12.1 Å². The number of carbonyl (C=O) groups excluding carboxylic acids is 1. The maximum absolute atomic E-state index is 11.6. The zero-order chi connectivity index (χ0) is 11.8. The predicted molar refractivity (Wildman–Crippen MR) is 60.7 cm³/mol. The summed E-state index contributed by atoms with van der Waals surface area (Å²) < 4.78 is 5.15. The highest BCUT2D eigenvalue weighted by Crippen LogP contribution is 2.32. The molecule has 2 aliphatic rings. The smallest absolute Gasteiger partial charge is 0.139 e. The van der Waals surface area contributed by atoms with Gasteiger partial charge in [-0.2, -0.15) is 0 Å². The Morgan fingerprint density at radius 2 is 2.12 bits per heavy atom. The molecule has 2 unspecified atom stereocenters. The molecule has 2 atom stereocenters. The number of aliphatic imine (C=N–C) groups is 1. The first-order valence-electron chi connectivity index (χ1n) is 5.79. The minimum Gasteiger partial charge on any atom is -0.388 e. The summed E-state index contributed by atoms with van der Waals surface area (Å²) in [6.45, 7) is 5.00. The van der Waals surface area contributed by atoms with Crippen molar-refractivity contribution in [1.82, 2.24) is 0 Å². The van der Waals surface area contributed by atoms with Crippen LogP contribution in [0.4, 0.5) is 0 Å². The Morgan fingerprint density at radius 1 is 1.38 bits per heavy atom. The van der Waals surface area contributed by atoms with Crippen molar-refractivity contribution in [3.63, 3.8) is 0 Å². The molecule has 0 spiro atoms. The molecular formula is C12H19NO3. The molecule has 1 heterocycles. The van der Waals surface area contributed by atoms with E-state index in [1.54, 1.807) is 0 Å². The monoisotopic (exact) mass is 225 g/mol. The minimum atomic E-state index is -0.507. The Morgan fingerprint density at radius 3 is 2.69 bits per heavy atom. The SMILES string of the molecule is CC1(C)CC(=O)CC(=NC2COCC2O)C1. The van der Waals surface area contributed by atoms with Gasteiger partial charge in [-0.05, 0) is 11.8 Å². The summed E-state index contributed by atoms with van der Waals surface area (Å²) in [5, 5.41) is 9.60. The summed E-state index contributed by atoms with van der Waals surface area (Å²) in [6.07, 6.45) is 1.43. The maximum atomic E-state index is 11.6. The number of ketones is 1.